The number of fused-ring (bicyclic) bond motifs is 1. The molecular formula is C14H10ClN3OS. The van der Waals surface area contributed by atoms with E-state index in [1.807, 2.05) is 12.1 Å². The zero-order chi connectivity index (χ0) is 14.1. The van der Waals surface area contributed by atoms with E-state index >= 15 is 0 Å². The van der Waals surface area contributed by atoms with Crippen LogP contribution in [0.3, 0.4) is 0 Å². The van der Waals surface area contributed by atoms with E-state index in [4.69, 9.17) is 17.3 Å². The van der Waals surface area contributed by atoms with Gasteiger partial charge in [0.15, 0.2) is 5.13 Å². The molecular weight excluding hydrogens is 294 g/mol. The number of benzene rings is 2. The summed E-state index contributed by atoms with van der Waals surface area (Å²) in [5.74, 6) is -0.216. The first-order valence-corrected chi connectivity index (χ1v) is 7.05. The smallest absolute Gasteiger partial charge is 0.255 e. The first-order valence-electron chi connectivity index (χ1n) is 5.85. The number of nitrogens with zero attached hydrogens (tertiary/aromatic N) is 1. The lowest BCUT2D eigenvalue weighted by atomic mass is 10.2. The number of carbonyl (C=O) groups is 1. The molecule has 100 valence electrons. The second-order valence-corrected chi connectivity index (χ2v) is 5.64. The topological polar surface area (TPSA) is 68.0 Å². The van der Waals surface area contributed by atoms with Crippen molar-refractivity contribution in [3.8, 4) is 0 Å². The summed E-state index contributed by atoms with van der Waals surface area (Å²) in [6, 6.07) is 12.4. The fourth-order valence-electron chi connectivity index (χ4n) is 1.84. The van der Waals surface area contributed by atoms with E-state index in [2.05, 4.69) is 10.3 Å². The van der Waals surface area contributed by atoms with Gasteiger partial charge in [-0.2, -0.15) is 0 Å². The molecule has 0 radical (unpaired) electrons. The first-order chi connectivity index (χ1) is 9.63. The van der Waals surface area contributed by atoms with Crippen LogP contribution in [0.5, 0.6) is 0 Å². The molecule has 0 aliphatic heterocycles. The van der Waals surface area contributed by atoms with Crippen molar-refractivity contribution in [2.75, 3.05) is 11.1 Å². The van der Waals surface area contributed by atoms with Gasteiger partial charge in [-0.3, -0.25) is 4.79 Å². The molecule has 0 bridgehead atoms. The number of carbonyl (C=O) groups excluding carboxylic acids is 1. The number of nitrogens with one attached hydrogen (secondary N) is 1. The Hall–Kier alpha value is -2.11. The molecule has 1 heterocycles. The lowest BCUT2D eigenvalue weighted by molar-refractivity contribution is 0.102. The summed E-state index contributed by atoms with van der Waals surface area (Å²) >= 11 is 7.37. The van der Waals surface area contributed by atoms with E-state index in [9.17, 15) is 4.79 Å². The average Bonchev–Trinajstić information content (AvgIpc) is 2.80. The highest BCUT2D eigenvalue weighted by molar-refractivity contribution is 7.22. The number of nitrogens with two attached hydrogens (primary N) is 1. The molecule has 4 nitrogen and oxygen atoms in total. The standard InChI is InChI=1S/C14H10ClN3OS/c15-9-3-1-2-4-10(9)17-13(19)8-5-6-11-12(7-8)20-14(16)18-11/h1-7H,(H2,16,18)(H,17,19). The van der Waals surface area contributed by atoms with Gasteiger partial charge in [0.05, 0.1) is 20.9 Å². The molecule has 3 aromatic rings. The first kappa shape index (κ1) is 12.9. The predicted molar refractivity (Wildman–Crippen MR) is 83.4 cm³/mol. The van der Waals surface area contributed by atoms with Gasteiger partial charge in [0.2, 0.25) is 0 Å². The summed E-state index contributed by atoms with van der Waals surface area (Å²) in [7, 11) is 0. The Balaban J connectivity index is 1.90. The Kier molecular flexibility index (Phi) is 3.30. The summed E-state index contributed by atoms with van der Waals surface area (Å²) in [4.78, 5) is 16.4. The van der Waals surface area contributed by atoms with E-state index in [-0.39, 0.29) is 5.91 Å². The summed E-state index contributed by atoms with van der Waals surface area (Å²) in [5, 5.41) is 3.77. The monoisotopic (exact) mass is 303 g/mol. The van der Waals surface area contributed by atoms with E-state index in [0.717, 1.165) is 10.2 Å². The van der Waals surface area contributed by atoms with Crippen molar-refractivity contribution in [1.29, 1.82) is 0 Å². The SMILES string of the molecule is Nc1nc2ccc(C(=O)Nc3ccccc3Cl)cc2s1. The molecule has 3 rings (SSSR count). The van der Waals surface area contributed by atoms with Crippen LogP contribution in [0.2, 0.25) is 5.02 Å². The number of hydrogen-bond acceptors (Lipinski definition) is 4. The summed E-state index contributed by atoms with van der Waals surface area (Å²) in [6.45, 7) is 0. The van der Waals surface area contributed by atoms with E-state index in [0.29, 0.717) is 21.4 Å². The maximum Gasteiger partial charge on any atom is 0.255 e. The minimum atomic E-state index is -0.216. The number of anilines is 2. The number of rotatable bonds is 2. The Morgan fingerprint density at radius 3 is 2.85 bits per heavy atom. The third-order valence-electron chi connectivity index (χ3n) is 2.79. The van der Waals surface area contributed by atoms with Gasteiger partial charge in [-0.15, -0.1) is 0 Å². The van der Waals surface area contributed by atoms with Crippen LogP contribution in [0.25, 0.3) is 10.2 Å². The highest BCUT2D eigenvalue weighted by Gasteiger charge is 2.10. The van der Waals surface area contributed by atoms with Gasteiger partial charge in [0.25, 0.3) is 5.91 Å². The van der Waals surface area contributed by atoms with Crippen LogP contribution in [-0.2, 0) is 0 Å². The maximum absolute atomic E-state index is 12.2. The molecule has 0 fully saturated rings. The highest BCUT2D eigenvalue weighted by atomic mass is 35.5. The Morgan fingerprint density at radius 2 is 2.05 bits per heavy atom. The van der Waals surface area contributed by atoms with Crippen LogP contribution in [0.4, 0.5) is 10.8 Å². The Morgan fingerprint density at radius 1 is 1.25 bits per heavy atom. The molecule has 0 saturated heterocycles. The number of nitrogen functional groups attached to an aromatic ring is 1. The lowest BCUT2D eigenvalue weighted by Gasteiger charge is -2.06. The second kappa shape index (κ2) is 5.11. The van der Waals surface area contributed by atoms with Crippen LogP contribution in [0.1, 0.15) is 10.4 Å². The highest BCUT2D eigenvalue weighted by Crippen LogP contribution is 2.26. The summed E-state index contributed by atoms with van der Waals surface area (Å²) in [5.41, 5.74) is 7.57. The third kappa shape index (κ3) is 2.45. The largest absolute Gasteiger partial charge is 0.375 e. The maximum atomic E-state index is 12.2. The summed E-state index contributed by atoms with van der Waals surface area (Å²) < 4.78 is 0.884. The molecule has 20 heavy (non-hydrogen) atoms. The van der Waals surface area contributed by atoms with Crippen molar-refractivity contribution < 1.29 is 4.79 Å². The molecule has 0 aliphatic rings. The molecule has 3 N–H and O–H groups in total. The third-order valence-corrected chi connectivity index (χ3v) is 3.97. The fourth-order valence-corrected chi connectivity index (χ4v) is 2.80. The van der Waals surface area contributed by atoms with E-state index in [1.165, 1.54) is 11.3 Å². The summed E-state index contributed by atoms with van der Waals surface area (Å²) in [6.07, 6.45) is 0. The van der Waals surface area contributed by atoms with E-state index < -0.39 is 0 Å². The van der Waals surface area contributed by atoms with Gasteiger partial charge < -0.3 is 11.1 Å². The predicted octanol–water partition coefficient (Wildman–Crippen LogP) is 3.78. The van der Waals surface area contributed by atoms with Crippen molar-refractivity contribution in [3.63, 3.8) is 0 Å². The number of thiazole rings is 1. The number of amides is 1. The van der Waals surface area contributed by atoms with Gasteiger partial charge in [-0.1, -0.05) is 35.1 Å². The van der Waals surface area contributed by atoms with Crippen molar-refractivity contribution in [3.05, 3.63) is 53.1 Å². The minimum Gasteiger partial charge on any atom is -0.375 e. The minimum absolute atomic E-state index is 0.216. The molecule has 0 unspecified atom stereocenters. The van der Waals surface area contributed by atoms with Crippen molar-refractivity contribution in [2.45, 2.75) is 0 Å². The molecule has 2 aromatic carbocycles. The van der Waals surface area contributed by atoms with Gasteiger partial charge >= 0.3 is 0 Å². The molecule has 0 atom stereocenters. The second-order valence-electron chi connectivity index (χ2n) is 4.17. The van der Waals surface area contributed by atoms with Crippen LogP contribution in [0.15, 0.2) is 42.5 Å². The molecule has 1 amide bonds. The average molecular weight is 304 g/mol. The van der Waals surface area contributed by atoms with Crippen molar-refractivity contribution >= 4 is 49.9 Å². The number of aromatic nitrogens is 1. The van der Waals surface area contributed by atoms with Crippen molar-refractivity contribution in [2.24, 2.45) is 0 Å². The number of hydrogen-bond donors (Lipinski definition) is 2. The molecule has 1 aromatic heterocycles. The quantitative estimate of drug-likeness (QED) is 0.757. The zero-order valence-electron chi connectivity index (χ0n) is 10.3. The Bertz CT molecular complexity index is 800. The van der Waals surface area contributed by atoms with Crippen LogP contribution in [-0.4, -0.2) is 10.9 Å². The zero-order valence-corrected chi connectivity index (χ0v) is 11.8. The molecule has 0 aliphatic carbocycles. The normalized spacial score (nSPS) is 10.7. The molecule has 6 heteroatoms. The van der Waals surface area contributed by atoms with Crippen molar-refractivity contribution in [1.82, 2.24) is 4.98 Å². The number of halogens is 1. The van der Waals surface area contributed by atoms with Crippen LogP contribution in [0, 0.1) is 0 Å². The van der Waals surface area contributed by atoms with Gasteiger partial charge in [-0.05, 0) is 30.3 Å². The van der Waals surface area contributed by atoms with Gasteiger partial charge in [0.1, 0.15) is 0 Å². The lowest BCUT2D eigenvalue weighted by Crippen LogP contribution is -2.11. The van der Waals surface area contributed by atoms with Gasteiger partial charge in [0, 0.05) is 5.56 Å². The molecule has 0 saturated carbocycles. The van der Waals surface area contributed by atoms with Crippen LogP contribution < -0.4 is 11.1 Å². The van der Waals surface area contributed by atoms with Crippen LogP contribution >= 0.6 is 22.9 Å². The van der Waals surface area contributed by atoms with E-state index in [1.54, 1.807) is 30.3 Å². The number of para-hydroxylation sites is 1. The molecule has 0 spiro atoms. The Labute approximate surface area is 124 Å². The fraction of sp³-hybridized carbons (Fsp3) is 0. The van der Waals surface area contributed by atoms with Gasteiger partial charge in [-0.25, -0.2) is 4.98 Å².